The highest BCUT2D eigenvalue weighted by molar-refractivity contribution is 14.1. The molecule has 1 aliphatic rings. The first-order valence-corrected chi connectivity index (χ1v) is 10.1. The summed E-state index contributed by atoms with van der Waals surface area (Å²) in [5, 5.41) is 2.94. The Hall–Kier alpha value is -1.09. The van der Waals surface area contributed by atoms with Gasteiger partial charge < -0.3 is 10.1 Å². The van der Waals surface area contributed by atoms with Crippen LogP contribution in [0.4, 0.5) is 5.69 Å². The third kappa shape index (κ3) is 3.72. The minimum Gasteiger partial charge on any atom is -0.495 e. The Morgan fingerprint density at radius 2 is 1.84 bits per heavy atom. The highest BCUT2D eigenvalue weighted by atomic mass is 127. The molecule has 25 heavy (non-hydrogen) atoms. The first-order chi connectivity index (χ1) is 11.7. The van der Waals surface area contributed by atoms with Crippen LogP contribution in [-0.4, -0.2) is 13.0 Å². The predicted octanol–water partition coefficient (Wildman–Crippen LogP) is 5.69. The molecule has 0 bridgehead atoms. The lowest BCUT2D eigenvalue weighted by Crippen LogP contribution is -2.14. The lowest BCUT2D eigenvalue weighted by atomic mass is 9.85. The molecule has 1 amide bonds. The molecule has 0 aliphatic carbocycles. The van der Waals surface area contributed by atoms with E-state index in [9.17, 15) is 4.79 Å². The van der Waals surface area contributed by atoms with Crippen LogP contribution in [0.1, 0.15) is 37.5 Å². The summed E-state index contributed by atoms with van der Waals surface area (Å²) in [7, 11) is 1.70. The molecule has 0 fully saturated rings. The number of anilines is 1. The van der Waals surface area contributed by atoms with Crippen LogP contribution in [0.5, 0.6) is 5.75 Å². The maximum Gasteiger partial charge on any atom is 0.256 e. The second kappa shape index (κ2) is 6.90. The van der Waals surface area contributed by atoms with Crippen molar-refractivity contribution in [3.63, 3.8) is 0 Å². The number of hydrogen-bond donors (Lipinski definition) is 1. The Kier molecular flexibility index (Phi) is 5.16. The number of ether oxygens (including phenoxy) is 1. The molecule has 0 radical (unpaired) electrons. The van der Waals surface area contributed by atoms with Crippen molar-refractivity contribution >= 4 is 68.4 Å². The summed E-state index contributed by atoms with van der Waals surface area (Å²) in [5.41, 5.74) is 4.62. The molecule has 1 heterocycles. The molecular formula is C20H19I2NO2. The first kappa shape index (κ1) is 18.7. The average Bonchev–Trinajstić information content (AvgIpc) is 2.81. The Bertz CT molecular complexity index is 895. The van der Waals surface area contributed by atoms with Crippen molar-refractivity contribution in [2.45, 2.75) is 26.2 Å². The van der Waals surface area contributed by atoms with Gasteiger partial charge in [0, 0.05) is 26.0 Å². The van der Waals surface area contributed by atoms with Crippen molar-refractivity contribution in [3.8, 4) is 5.75 Å². The summed E-state index contributed by atoms with van der Waals surface area (Å²) >= 11 is 4.56. The molecule has 0 saturated heterocycles. The molecule has 0 atom stereocenters. The lowest BCUT2D eigenvalue weighted by molar-refractivity contribution is -0.110. The van der Waals surface area contributed by atoms with Gasteiger partial charge in [0.05, 0.1) is 10.7 Å². The van der Waals surface area contributed by atoms with Gasteiger partial charge in [0.2, 0.25) is 0 Å². The Labute approximate surface area is 175 Å². The summed E-state index contributed by atoms with van der Waals surface area (Å²) in [5.74, 6) is 0.848. The largest absolute Gasteiger partial charge is 0.495 e. The molecule has 3 rings (SSSR count). The smallest absolute Gasteiger partial charge is 0.256 e. The summed E-state index contributed by atoms with van der Waals surface area (Å²) in [4.78, 5) is 12.4. The third-order valence-electron chi connectivity index (χ3n) is 4.15. The van der Waals surface area contributed by atoms with E-state index in [1.807, 2.05) is 24.3 Å². The van der Waals surface area contributed by atoms with Crippen molar-refractivity contribution in [2.75, 3.05) is 12.4 Å². The molecule has 0 aromatic heterocycles. The monoisotopic (exact) mass is 559 g/mol. The predicted molar refractivity (Wildman–Crippen MR) is 120 cm³/mol. The van der Waals surface area contributed by atoms with E-state index in [4.69, 9.17) is 4.74 Å². The lowest BCUT2D eigenvalue weighted by Gasteiger charge is -2.23. The number of carbonyl (C=O) groups is 1. The molecule has 0 saturated carbocycles. The third-order valence-corrected chi connectivity index (χ3v) is 5.63. The first-order valence-electron chi connectivity index (χ1n) is 7.91. The second-order valence-corrected chi connectivity index (χ2v) is 9.44. The van der Waals surface area contributed by atoms with Gasteiger partial charge >= 0.3 is 0 Å². The summed E-state index contributed by atoms with van der Waals surface area (Å²) in [6.45, 7) is 6.49. The van der Waals surface area contributed by atoms with Gasteiger partial charge in [0.25, 0.3) is 5.91 Å². The number of methoxy groups -OCH3 is 1. The van der Waals surface area contributed by atoms with Crippen LogP contribution in [0.25, 0.3) is 11.6 Å². The maximum absolute atomic E-state index is 12.4. The topological polar surface area (TPSA) is 38.3 Å². The second-order valence-electron chi connectivity index (χ2n) is 7.04. The fourth-order valence-corrected chi connectivity index (χ4v) is 4.29. The van der Waals surface area contributed by atoms with Gasteiger partial charge in [-0.25, -0.2) is 0 Å². The van der Waals surface area contributed by atoms with Crippen LogP contribution in [0.15, 0.2) is 30.3 Å². The van der Waals surface area contributed by atoms with Gasteiger partial charge in [-0.2, -0.15) is 0 Å². The Morgan fingerprint density at radius 1 is 1.12 bits per heavy atom. The van der Waals surface area contributed by atoms with E-state index in [0.29, 0.717) is 5.57 Å². The van der Waals surface area contributed by atoms with Crippen molar-refractivity contribution in [1.29, 1.82) is 0 Å². The highest BCUT2D eigenvalue weighted by Crippen LogP contribution is 2.38. The van der Waals surface area contributed by atoms with Gasteiger partial charge in [-0.1, -0.05) is 20.8 Å². The standard InChI is InChI=1S/C20H19I2NO2/c1-20(2,3)15-8-11(9-16(22)18(15)25-4)7-14-13-10-12(21)5-6-17(13)23-19(14)24/h5-10H,1-4H3,(H,23,24). The van der Waals surface area contributed by atoms with Crippen LogP contribution in [0.2, 0.25) is 0 Å². The molecule has 2 aromatic carbocycles. The van der Waals surface area contributed by atoms with E-state index >= 15 is 0 Å². The van der Waals surface area contributed by atoms with Crippen LogP contribution in [0.3, 0.4) is 0 Å². The van der Waals surface area contributed by atoms with E-state index in [1.165, 1.54) is 0 Å². The summed E-state index contributed by atoms with van der Waals surface area (Å²) in [6.07, 6.45) is 1.97. The normalized spacial score (nSPS) is 15.3. The number of carbonyl (C=O) groups excluding carboxylic acids is 1. The van der Waals surface area contributed by atoms with Crippen molar-refractivity contribution in [2.24, 2.45) is 0 Å². The molecule has 5 heteroatoms. The molecule has 0 unspecified atom stereocenters. The van der Waals surface area contributed by atoms with Crippen LogP contribution < -0.4 is 10.1 Å². The molecule has 130 valence electrons. The average molecular weight is 559 g/mol. The SMILES string of the molecule is COc1c(I)cc(C=C2C(=O)Nc3ccc(I)cc32)cc1C(C)(C)C. The Balaban J connectivity index is 2.16. The van der Waals surface area contributed by atoms with Gasteiger partial charge in [-0.15, -0.1) is 0 Å². The van der Waals surface area contributed by atoms with E-state index in [-0.39, 0.29) is 11.3 Å². The van der Waals surface area contributed by atoms with E-state index in [1.54, 1.807) is 7.11 Å². The fraction of sp³-hybridized carbons (Fsp3) is 0.250. The summed E-state index contributed by atoms with van der Waals surface area (Å²) in [6, 6.07) is 10.2. The number of nitrogens with one attached hydrogen (secondary N) is 1. The van der Waals surface area contributed by atoms with Crippen LogP contribution in [0, 0.1) is 7.14 Å². The van der Waals surface area contributed by atoms with Crippen molar-refractivity contribution in [3.05, 3.63) is 54.2 Å². The fourth-order valence-electron chi connectivity index (χ4n) is 2.93. The zero-order chi connectivity index (χ0) is 18.4. The van der Waals surface area contributed by atoms with Gasteiger partial charge in [0.15, 0.2) is 0 Å². The molecule has 0 spiro atoms. The highest BCUT2D eigenvalue weighted by Gasteiger charge is 2.25. The van der Waals surface area contributed by atoms with E-state index < -0.39 is 0 Å². The number of fused-ring (bicyclic) bond motifs is 1. The van der Waals surface area contributed by atoms with Crippen LogP contribution >= 0.6 is 45.2 Å². The number of hydrogen-bond acceptors (Lipinski definition) is 2. The summed E-state index contributed by atoms with van der Waals surface area (Å²) < 4.78 is 7.76. The Morgan fingerprint density at radius 3 is 2.48 bits per heavy atom. The number of halogens is 2. The maximum atomic E-state index is 12.4. The zero-order valence-electron chi connectivity index (χ0n) is 14.5. The molecular weight excluding hydrogens is 540 g/mol. The van der Waals surface area contributed by atoms with Gasteiger partial charge in [-0.3, -0.25) is 4.79 Å². The minimum atomic E-state index is -0.0554. The van der Waals surface area contributed by atoms with E-state index in [2.05, 4.69) is 83.4 Å². The molecule has 2 aromatic rings. The minimum absolute atomic E-state index is 0.0506. The quantitative estimate of drug-likeness (QED) is 0.379. The van der Waals surface area contributed by atoms with Crippen LogP contribution in [-0.2, 0) is 10.2 Å². The van der Waals surface area contributed by atoms with E-state index in [0.717, 1.165) is 35.3 Å². The van der Waals surface area contributed by atoms with Gasteiger partial charge in [0.1, 0.15) is 5.75 Å². The number of benzene rings is 2. The number of rotatable bonds is 2. The molecule has 3 nitrogen and oxygen atoms in total. The number of amides is 1. The molecule has 1 aliphatic heterocycles. The molecule has 1 N–H and O–H groups in total. The van der Waals surface area contributed by atoms with Crippen molar-refractivity contribution < 1.29 is 9.53 Å². The zero-order valence-corrected chi connectivity index (χ0v) is 18.9. The van der Waals surface area contributed by atoms with Crippen molar-refractivity contribution in [1.82, 2.24) is 0 Å². The van der Waals surface area contributed by atoms with Gasteiger partial charge in [-0.05, 0) is 92.6 Å².